The van der Waals surface area contributed by atoms with Crippen LogP contribution in [0.5, 0.6) is 0 Å². The number of para-hydroxylation sites is 1. The number of nitrogens with two attached hydrogens (primary N) is 1. The molecule has 1 fully saturated rings. The van der Waals surface area contributed by atoms with Gasteiger partial charge in [0.1, 0.15) is 5.82 Å². The van der Waals surface area contributed by atoms with Crippen LogP contribution in [0.2, 0.25) is 0 Å². The predicted octanol–water partition coefficient (Wildman–Crippen LogP) is 4.18. The number of aryl methyl sites for hydroxylation is 1. The van der Waals surface area contributed by atoms with Gasteiger partial charge in [0.25, 0.3) is 5.91 Å². The summed E-state index contributed by atoms with van der Waals surface area (Å²) in [5, 5.41) is 2.98. The summed E-state index contributed by atoms with van der Waals surface area (Å²) in [5.74, 6) is -0.812. The molecule has 33 heavy (non-hydrogen) atoms. The van der Waals surface area contributed by atoms with E-state index in [4.69, 9.17) is 5.73 Å². The molecule has 4 rings (SSSR count). The van der Waals surface area contributed by atoms with Gasteiger partial charge in [0.05, 0.1) is 11.3 Å². The van der Waals surface area contributed by atoms with E-state index in [1.165, 1.54) is 6.07 Å². The predicted molar refractivity (Wildman–Crippen MR) is 127 cm³/mol. The molecule has 1 aromatic heterocycles. The van der Waals surface area contributed by atoms with Crippen molar-refractivity contribution < 1.29 is 14.0 Å². The molecule has 7 heteroatoms. The molecule has 6 nitrogen and oxygen atoms in total. The lowest BCUT2D eigenvalue weighted by atomic mass is 9.96. The first-order valence-electron chi connectivity index (χ1n) is 11.2. The minimum Gasteiger partial charge on any atom is -0.369 e. The van der Waals surface area contributed by atoms with Crippen molar-refractivity contribution in [1.82, 2.24) is 9.47 Å². The Labute approximate surface area is 193 Å². The van der Waals surface area contributed by atoms with Crippen LogP contribution in [-0.4, -0.2) is 34.4 Å². The second kappa shape index (κ2) is 9.58. The fraction of sp³-hybridized carbons (Fsp3) is 0.308. The zero-order valence-corrected chi connectivity index (χ0v) is 19.0. The van der Waals surface area contributed by atoms with E-state index < -0.39 is 0 Å². The van der Waals surface area contributed by atoms with Crippen LogP contribution in [0.4, 0.5) is 10.1 Å². The van der Waals surface area contributed by atoms with Gasteiger partial charge in [-0.3, -0.25) is 14.5 Å². The van der Waals surface area contributed by atoms with Gasteiger partial charge >= 0.3 is 0 Å². The van der Waals surface area contributed by atoms with Crippen LogP contribution >= 0.6 is 0 Å². The van der Waals surface area contributed by atoms with Crippen molar-refractivity contribution in [1.29, 1.82) is 0 Å². The van der Waals surface area contributed by atoms with E-state index in [-0.39, 0.29) is 23.5 Å². The number of rotatable bonds is 6. The maximum atomic E-state index is 14.3. The highest BCUT2D eigenvalue weighted by molar-refractivity contribution is 6.05. The minimum atomic E-state index is -0.334. The van der Waals surface area contributed by atoms with E-state index >= 15 is 0 Å². The van der Waals surface area contributed by atoms with E-state index in [1.54, 1.807) is 28.8 Å². The molecular formula is C26H29FN4O2. The largest absolute Gasteiger partial charge is 0.369 e. The topological polar surface area (TPSA) is 80.4 Å². The Kier molecular flexibility index (Phi) is 6.60. The molecule has 2 amide bonds. The number of nitrogens with one attached hydrogen (secondary N) is 1. The van der Waals surface area contributed by atoms with Crippen LogP contribution < -0.4 is 11.1 Å². The molecule has 0 aliphatic carbocycles. The van der Waals surface area contributed by atoms with Crippen LogP contribution in [0.25, 0.3) is 5.69 Å². The molecule has 2 aromatic carbocycles. The van der Waals surface area contributed by atoms with Gasteiger partial charge in [-0.25, -0.2) is 4.39 Å². The van der Waals surface area contributed by atoms with Crippen molar-refractivity contribution in [2.24, 2.45) is 11.7 Å². The first kappa shape index (κ1) is 22.7. The number of piperidine rings is 1. The van der Waals surface area contributed by atoms with Gasteiger partial charge in [-0.2, -0.15) is 0 Å². The fourth-order valence-electron chi connectivity index (χ4n) is 4.58. The molecular weight excluding hydrogens is 419 g/mol. The van der Waals surface area contributed by atoms with E-state index in [9.17, 15) is 14.0 Å². The number of nitrogens with zero attached hydrogens (tertiary/aromatic N) is 2. The lowest BCUT2D eigenvalue weighted by Gasteiger charge is -2.30. The third kappa shape index (κ3) is 4.98. The lowest BCUT2D eigenvalue weighted by Crippen LogP contribution is -2.38. The molecule has 0 saturated carbocycles. The third-order valence-corrected chi connectivity index (χ3v) is 6.35. The number of carbonyl (C=O) groups is 2. The normalized spacial score (nSPS) is 14.9. The van der Waals surface area contributed by atoms with E-state index in [1.807, 2.05) is 38.1 Å². The van der Waals surface area contributed by atoms with Gasteiger partial charge in [0.15, 0.2) is 0 Å². The highest BCUT2D eigenvalue weighted by atomic mass is 19.1. The second-order valence-electron chi connectivity index (χ2n) is 8.68. The number of benzene rings is 2. The summed E-state index contributed by atoms with van der Waals surface area (Å²) < 4.78 is 16.1. The van der Waals surface area contributed by atoms with Gasteiger partial charge in [0.2, 0.25) is 5.91 Å². The van der Waals surface area contributed by atoms with Crippen molar-refractivity contribution >= 4 is 17.5 Å². The molecule has 0 unspecified atom stereocenters. The van der Waals surface area contributed by atoms with Crippen LogP contribution in [0.15, 0.2) is 54.6 Å². The molecule has 3 aromatic rings. The molecule has 1 saturated heterocycles. The summed E-state index contributed by atoms with van der Waals surface area (Å²) in [6.45, 7) is 6.08. The van der Waals surface area contributed by atoms with Gasteiger partial charge in [-0.05, 0) is 75.7 Å². The molecule has 1 aliphatic heterocycles. The summed E-state index contributed by atoms with van der Waals surface area (Å²) in [4.78, 5) is 26.7. The molecule has 0 atom stereocenters. The molecule has 0 spiro atoms. The molecule has 172 valence electrons. The summed E-state index contributed by atoms with van der Waals surface area (Å²) in [5.41, 5.74) is 9.62. The van der Waals surface area contributed by atoms with Gasteiger partial charge < -0.3 is 15.6 Å². The van der Waals surface area contributed by atoms with Crippen LogP contribution in [0.1, 0.15) is 40.2 Å². The number of anilines is 1. The molecule has 3 N–H and O–H groups in total. The van der Waals surface area contributed by atoms with E-state index in [0.29, 0.717) is 22.6 Å². The van der Waals surface area contributed by atoms with E-state index in [2.05, 4.69) is 10.2 Å². The Morgan fingerprint density at radius 1 is 1.06 bits per heavy atom. The third-order valence-electron chi connectivity index (χ3n) is 6.35. The minimum absolute atomic E-state index is 0.0322. The van der Waals surface area contributed by atoms with Crippen molar-refractivity contribution in [3.05, 3.63) is 82.9 Å². The Morgan fingerprint density at radius 3 is 2.48 bits per heavy atom. The highest BCUT2D eigenvalue weighted by Gasteiger charge is 2.23. The van der Waals surface area contributed by atoms with Crippen molar-refractivity contribution in [3.63, 3.8) is 0 Å². The number of amides is 2. The average Bonchev–Trinajstić information content (AvgIpc) is 3.09. The number of hydrogen-bond donors (Lipinski definition) is 2. The molecule has 0 radical (unpaired) electrons. The maximum absolute atomic E-state index is 14.3. The summed E-state index contributed by atoms with van der Waals surface area (Å²) in [7, 11) is 0. The summed E-state index contributed by atoms with van der Waals surface area (Å²) >= 11 is 0. The Bertz CT molecular complexity index is 1180. The highest BCUT2D eigenvalue weighted by Crippen LogP contribution is 2.24. The smallest absolute Gasteiger partial charge is 0.257 e. The summed E-state index contributed by atoms with van der Waals surface area (Å²) in [6, 6.07) is 16.1. The molecule has 0 bridgehead atoms. The number of aromatic nitrogens is 1. The monoisotopic (exact) mass is 448 g/mol. The van der Waals surface area contributed by atoms with E-state index in [0.717, 1.165) is 43.7 Å². The maximum Gasteiger partial charge on any atom is 0.257 e. The van der Waals surface area contributed by atoms with Crippen molar-refractivity contribution in [2.75, 3.05) is 18.4 Å². The standard InChI is InChI=1S/C26H29FN4O2/c1-17-14-22(18(2)31(17)24-9-4-3-8-23(24)27)26(33)29-21-7-5-6-19(15-21)16-30-12-10-20(11-13-30)25(28)32/h3-9,14-15,20H,10-13,16H2,1-2H3,(H2,28,32)(H,29,33). The van der Waals surface area contributed by atoms with Crippen molar-refractivity contribution in [2.45, 2.75) is 33.2 Å². The van der Waals surface area contributed by atoms with Crippen LogP contribution in [-0.2, 0) is 11.3 Å². The molecule has 2 heterocycles. The number of primary amides is 1. The zero-order valence-electron chi connectivity index (χ0n) is 19.0. The lowest BCUT2D eigenvalue weighted by molar-refractivity contribution is -0.123. The fourth-order valence-corrected chi connectivity index (χ4v) is 4.58. The number of carbonyl (C=O) groups excluding carboxylic acids is 2. The quantitative estimate of drug-likeness (QED) is 0.594. The van der Waals surface area contributed by atoms with Crippen LogP contribution in [0.3, 0.4) is 0 Å². The van der Waals surface area contributed by atoms with Gasteiger partial charge in [-0.15, -0.1) is 0 Å². The van der Waals surface area contributed by atoms with Gasteiger partial charge in [-0.1, -0.05) is 24.3 Å². The number of hydrogen-bond acceptors (Lipinski definition) is 3. The SMILES string of the molecule is Cc1cc(C(=O)Nc2cccc(CN3CCC(C(N)=O)CC3)c2)c(C)n1-c1ccccc1F. The first-order chi connectivity index (χ1) is 15.8. The average molecular weight is 449 g/mol. The zero-order chi connectivity index (χ0) is 23.5. The Balaban J connectivity index is 1.46. The Hall–Kier alpha value is -3.45. The molecule has 1 aliphatic rings. The van der Waals surface area contributed by atoms with Crippen molar-refractivity contribution in [3.8, 4) is 5.69 Å². The summed E-state index contributed by atoms with van der Waals surface area (Å²) in [6.07, 6.45) is 1.56. The Morgan fingerprint density at radius 2 is 1.79 bits per heavy atom. The number of halogens is 1. The van der Waals surface area contributed by atoms with Crippen LogP contribution in [0, 0.1) is 25.6 Å². The second-order valence-corrected chi connectivity index (χ2v) is 8.68. The van der Waals surface area contributed by atoms with Gasteiger partial charge in [0, 0.05) is 29.5 Å². The number of likely N-dealkylation sites (tertiary alicyclic amines) is 1. The first-order valence-corrected chi connectivity index (χ1v) is 11.2.